The Morgan fingerprint density at radius 1 is 0.686 bits per heavy atom. The van der Waals surface area contributed by atoms with Gasteiger partial charge in [0.1, 0.15) is 22.3 Å². The van der Waals surface area contributed by atoms with E-state index < -0.39 is 0 Å². The van der Waals surface area contributed by atoms with Gasteiger partial charge in [0.2, 0.25) is 0 Å². The predicted octanol–water partition coefficient (Wildman–Crippen LogP) is 7.23. The smallest absolute Gasteiger partial charge is 0.124 e. The Morgan fingerprint density at radius 2 is 1.26 bits per heavy atom. The number of thiol groups is 1. The average molecular weight is 505 g/mol. The predicted molar refractivity (Wildman–Crippen MR) is 149 cm³/mol. The average Bonchev–Trinajstić information content (AvgIpc) is 3.36. The van der Waals surface area contributed by atoms with Crippen LogP contribution in [0.15, 0.2) is 102 Å². The number of fused-ring (bicyclic) bond motifs is 1. The number of hydrogen-bond acceptors (Lipinski definition) is 7. The molecule has 0 saturated carbocycles. The van der Waals surface area contributed by atoms with E-state index in [9.17, 15) is 0 Å². The van der Waals surface area contributed by atoms with Gasteiger partial charge in [-0.3, -0.25) is 0 Å². The van der Waals surface area contributed by atoms with Crippen molar-refractivity contribution in [1.29, 1.82) is 0 Å². The molecular weight excluding hydrogens is 476 g/mol. The third kappa shape index (κ3) is 7.67. The quantitative estimate of drug-likeness (QED) is 0.200. The van der Waals surface area contributed by atoms with Gasteiger partial charge in [0.05, 0.1) is 31.5 Å². The summed E-state index contributed by atoms with van der Waals surface area (Å²) >= 11 is 5.78. The standard InChI is InChI=1S/C14H11NOS.C8H10O2.C6H7NS/c1-16-11-6-4-5-10(9-11)14-15-12-7-2-3-8-13(12)17-14;1-9-7-4-3-5-8(6-7)10-2;7-5-3-1-2-4-6(5)8/h2-9H,1H3;3-6H,1-2H3;1-4,8H,7H2. The van der Waals surface area contributed by atoms with Gasteiger partial charge < -0.3 is 19.9 Å². The van der Waals surface area contributed by atoms with Gasteiger partial charge in [0.15, 0.2) is 0 Å². The topological polar surface area (TPSA) is 66.6 Å². The van der Waals surface area contributed by atoms with E-state index in [1.165, 1.54) is 4.70 Å². The van der Waals surface area contributed by atoms with Gasteiger partial charge in [-0.2, -0.15) is 0 Å². The lowest BCUT2D eigenvalue weighted by molar-refractivity contribution is 0.394. The minimum atomic E-state index is 0.732. The van der Waals surface area contributed by atoms with Gasteiger partial charge in [0, 0.05) is 22.2 Å². The molecule has 0 unspecified atom stereocenters. The summed E-state index contributed by atoms with van der Waals surface area (Å²) < 4.78 is 16.4. The van der Waals surface area contributed by atoms with Gasteiger partial charge in [-0.25, -0.2) is 4.98 Å². The summed E-state index contributed by atoms with van der Waals surface area (Å²) in [6.45, 7) is 0. The van der Waals surface area contributed by atoms with Crippen LogP contribution in [-0.4, -0.2) is 26.3 Å². The number of nitrogens with zero attached hydrogens (tertiary/aromatic N) is 1. The van der Waals surface area contributed by atoms with Crippen molar-refractivity contribution < 1.29 is 14.2 Å². The highest BCUT2D eigenvalue weighted by atomic mass is 32.1. The molecule has 0 radical (unpaired) electrons. The summed E-state index contributed by atoms with van der Waals surface area (Å²) in [6, 6.07) is 31.1. The van der Waals surface area contributed by atoms with Gasteiger partial charge in [-0.15, -0.1) is 24.0 Å². The van der Waals surface area contributed by atoms with E-state index in [4.69, 9.17) is 19.9 Å². The molecule has 0 amide bonds. The molecule has 4 aromatic carbocycles. The summed E-state index contributed by atoms with van der Waals surface area (Å²) in [5.41, 5.74) is 8.33. The zero-order chi connectivity index (χ0) is 25.0. The normalized spacial score (nSPS) is 9.83. The van der Waals surface area contributed by atoms with Crippen molar-refractivity contribution in [2.45, 2.75) is 4.90 Å². The Bertz CT molecular complexity index is 1280. The van der Waals surface area contributed by atoms with Gasteiger partial charge in [0.25, 0.3) is 0 Å². The molecule has 1 aromatic heterocycles. The largest absolute Gasteiger partial charge is 0.497 e. The molecule has 7 heteroatoms. The zero-order valence-corrected chi connectivity index (χ0v) is 21.6. The molecule has 5 rings (SSSR count). The van der Waals surface area contributed by atoms with Gasteiger partial charge in [-0.1, -0.05) is 42.5 Å². The Morgan fingerprint density at radius 3 is 1.83 bits per heavy atom. The Balaban J connectivity index is 0.000000162. The van der Waals surface area contributed by atoms with Crippen LogP contribution in [0.4, 0.5) is 5.69 Å². The van der Waals surface area contributed by atoms with Crippen molar-refractivity contribution in [3.63, 3.8) is 0 Å². The van der Waals surface area contributed by atoms with E-state index >= 15 is 0 Å². The number of nitrogen functional groups attached to an aromatic ring is 1. The molecule has 0 aliphatic rings. The highest BCUT2D eigenvalue weighted by Gasteiger charge is 2.06. The first kappa shape index (κ1) is 25.9. The zero-order valence-electron chi connectivity index (χ0n) is 19.8. The first-order chi connectivity index (χ1) is 17.0. The van der Waals surface area contributed by atoms with Crippen LogP contribution >= 0.6 is 24.0 Å². The van der Waals surface area contributed by atoms with Crippen LogP contribution in [0.3, 0.4) is 0 Å². The molecule has 5 aromatic rings. The molecule has 0 bridgehead atoms. The molecule has 0 saturated heterocycles. The summed E-state index contributed by atoms with van der Waals surface area (Å²) in [4.78, 5) is 5.46. The molecule has 0 aliphatic carbocycles. The van der Waals surface area contributed by atoms with E-state index in [1.807, 2.05) is 84.9 Å². The summed E-state index contributed by atoms with van der Waals surface area (Å²) in [5.74, 6) is 2.50. The lowest BCUT2D eigenvalue weighted by Gasteiger charge is -2.01. The molecule has 0 spiro atoms. The minimum Gasteiger partial charge on any atom is -0.497 e. The SMILES string of the molecule is COc1cccc(-c2nc3ccccc3s2)c1.COc1cccc(OC)c1.Nc1ccccc1S. The molecule has 1 heterocycles. The van der Waals surface area contributed by atoms with Crippen LogP contribution in [0, 0.1) is 0 Å². The van der Waals surface area contributed by atoms with Crippen molar-refractivity contribution in [3.05, 3.63) is 97.1 Å². The number of nitrogens with two attached hydrogens (primary N) is 1. The van der Waals surface area contributed by atoms with E-state index in [0.717, 1.165) is 43.9 Å². The second-order valence-electron chi connectivity index (χ2n) is 7.16. The van der Waals surface area contributed by atoms with Crippen molar-refractivity contribution in [2.24, 2.45) is 0 Å². The van der Waals surface area contributed by atoms with Gasteiger partial charge in [-0.05, 0) is 48.5 Å². The number of aromatic nitrogens is 1. The summed E-state index contributed by atoms with van der Waals surface area (Å²) in [5, 5.41) is 1.03. The van der Waals surface area contributed by atoms with Crippen molar-refractivity contribution in [1.82, 2.24) is 4.98 Å². The van der Waals surface area contributed by atoms with Gasteiger partial charge >= 0.3 is 0 Å². The lowest BCUT2D eigenvalue weighted by Crippen LogP contribution is -1.84. The minimum absolute atomic E-state index is 0.732. The van der Waals surface area contributed by atoms with E-state index in [2.05, 4.69) is 29.7 Å². The summed E-state index contributed by atoms with van der Waals surface area (Å²) in [7, 11) is 4.95. The number of para-hydroxylation sites is 2. The third-order valence-electron chi connectivity index (χ3n) is 4.82. The molecule has 0 fully saturated rings. The van der Waals surface area contributed by atoms with Crippen LogP contribution in [0.1, 0.15) is 0 Å². The Labute approximate surface area is 215 Å². The third-order valence-corrected chi connectivity index (χ3v) is 6.32. The number of ether oxygens (including phenoxy) is 3. The number of methoxy groups -OCH3 is 3. The Hall–Kier alpha value is -3.68. The van der Waals surface area contributed by atoms with E-state index in [-0.39, 0.29) is 0 Å². The fourth-order valence-electron chi connectivity index (χ4n) is 2.97. The molecule has 180 valence electrons. The van der Waals surface area contributed by atoms with Crippen molar-refractivity contribution in [3.8, 4) is 27.8 Å². The fourth-order valence-corrected chi connectivity index (χ4v) is 4.09. The number of thiazole rings is 1. The molecular formula is C28H28N2O3S2. The summed E-state index contributed by atoms with van der Waals surface area (Å²) in [6.07, 6.45) is 0. The molecule has 2 N–H and O–H groups in total. The lowest BCUT2D eigenvalue weighted by atomic mass is 10.2. The maximum absolute atomic E-state index is 5.44. The van der Waals surface area contributed by atoms with Crippen LogP contribution < -0.4 is 19.9 Å². The van der Waals surface area contributed by atoms with Crippen LogP contribution in [0.5, 0.6) is 17.2 Å². The van der Waals surface area contributed by atoms with Crippen LogP contribution in [0.25, 0.3) is 20.8 Å². The highest BCUT2D eigenvalue weighted by Crippen LogP contribution is 2.31. The molecule has 0 aliphatic heterocycles. The first-order valence-electron chi connectivity index (χ1n) is 10.8. The highest BCUT2D eigenvalue weighted by molar-refractivity contribution is 7.80. The Kier molecular flexibility index (Phi) is 9.83. The molecule has 35 heavy (non-hydrogen) atoms. The van der Waals surface area contributed by atoms with Crippen molar-refractivity contribution >= 4 is 39.9 Å². The van der Waals surface area contributed by atoms with Crippen LogP contribution in [0.2, 0.25) is 0 Å². The van der Waals surface area contributed by atoms with Crippen molar-refractivity contribution in [2.75, 3.05) is 27.1 Å². The molecule has 0 atom stereocenters. The fraction of sp³-hybridized carbons (Fsp3) is 0.107. The number of hydrogen-bond donors (Lipinski definition) is 2. The monoisotopic (exact) mass is 504 g/mol. The first-order valence-corrected chi connectivity index (χ1v) is 12.0. The maximum atomic E-state index is 5.44. The number of rotatable bonds is 4. The number of anilines is 1. The van der Waals surface area contributed by atoms with E-state index in [1.54, 1.807) is 32.7 Å². The second kappa shape index (κ2) is 13.3. The maximum Gasteiger partial charge on any atom is 0.124 e. The van der Waals surface area contributed by atoms with Crippen LogP contribution in [-0.2, 0) is 0 Å². The van der Waals surface area contributed by atoms with E-state index in [0.29, 0.717) is 0 Å². The molecule has 5 nitrogen and oxygen atoms in total. The second-order valence-corrected chi connectivity index (χ2v) is 8.67. The number of benzene rings is 4.